The molecule has 0 aliphatic carbocycles. The largest absolute Gasteiger partial charge is 0.455 e. The minimum atomic E-state index is 0.900. The third kappa shape index (κ3) is 4.98. The molecular formula is C61H35NO. The van der Waals surface area contributed by atoms with Crippen molar-refractivity contribution < 1.29 is 4.42 Å². The molecule has 290 valence electrons. The van der Waals surface area contributed by atoms with Crippen LogP contribution in [0.25, 0.3) is 142 Å². The summed E-state index contributed by atoms with van der Waals surface area (Å²) >= 11 is 0. The molecule has 0 N–H and O–H groups in total. The third-order valence-electron chi connectivity index (χ3n) is 13.5. The van der Waals surface area contributed by atoms with E-state index in [-0.39, 0.29) is 0 Å². The number of benzene rings is 12. The van der Waals surface area contributed by atoms with Gasteiger partial charge < -0.3 is 4.42 Å². The van der Waals surface area contributed by atoms with E-state index in [1.165, 1.54) is 86.7 Å². The fourth-order valence-corrected chi connectivity index (χ4v) is 10.8. The number of hydrogen-bond donors (Lipinski definition) is 0. The molecule has 0 saturated carbocycles. The topological polar surface area (TPSA) is 26.0 Å². The average molecular weight is 798 g/mol. The van der Waals surface area contributed by atoms with E-state index in [4.69, 9.17) is 9.40 Å². The number of pyridine rings is 1. The van der Waals surface area contributed by atoms with Crippen LogP contribution in [-0.2, 0) is 0 Å². The first-order chi connectivity index (χ1) is 31.2. The Balaban J connectivity index is 1.13. The maximum atomic E-state index is 7.08. The van der Waals surface area contributed by atoms with Gasteiger partial charge in [0.15, 0.2) is 0 Å². The summed E-state index contributed by atoms with van der Waals surface area (Å²) in [5.41, 5.74) is 9.58. The lowest BCUT2D eigenvalue weighted by atomic mass is 9.82. The van der Waals surface area contributed by atoms with Crippen molar-refractivity contribution in [2.45, 2.75) is 0 Å². The molecule has 0 saturated heterocycles. The summed E-state index contributed by atoms with van der Waals surface area (Å²) in [5, 5.41) is 20.2. The lowest BCUT2D eigenvalue weighted by Gasteiger charge is -2.21. The molecule has 0 unspecified atom stereocenters. The van der Waals surface area contributed by atoms with Crippen LogP contribution in [0, 0.1) is 0 Å². The lowest BCUT2D eigenvalue weighted by Crippen LogP contribution is -1.95. The normalized spacial score (nSPS) is 12.1. The van der Waals surface area contributed by atoms with Crippen molar-refractivity contribution in [3.05, 3.63) is 212 Å². The Morgan fingerprint density at radius 2 is 0.825 bits per heavy atom. The van der Waals surface area contributed by atoms with E-state index in [9.17, 15) is 0 Å². The number of para-hydroxylation sites is 1. The van der Waals surface area contributed by atoms with Gasteiger partial charge in [0.1, 0.15) is 11.2 Å². The minimum absolute atomic E-state index is 0.900. The highest BCUT2D eigenvalue weighted by Gasteiger charge is 2.24. The monoisotopic (exact) mass is 797 g/mol. The first-order valence-corrected chi connectivity index (χ1v) is 21.7. The highest BCUT2D eigenvalue weighted by molar-refractivity contribution is 6.32. The lowest BCUT2D eigenvalue weighted by molar-refractivity contribution is 0.671. The first kappa shape index (κ1) is 34.4. The number of nitrogens with zero attached hydrogens (tertiary/aromatic N) is 1. The molecule has 2 heteroatoms. The molecule has 0 spiro atoms. The van der Waals surface area contributed by atoms with Crippen LogP contribution in [0.4, 0.5) is 0 Å². The van der Waals surface area contributed by atoms with Gasteiger partial charge in [-0.3, -0.25) is 0 Å². The van der Waals surface area contributed by atoms with Gasteiger partial charge >= 0.3 is 0 Å². The summed E-state index contributed by atoms with van der Waals surface area (Å²) in [6.45, 7) is 0. The zero-order chi connectivity index (χ0) is 41.2. The minimum Gasteiger partial charge on any atom is -0.455 e. The van der Waals surface area contributed by atoms with Gasteiger partial charge in [-0.2, -0.15) is 0 Å². The van der Waals surface area contributed by atoms with E-state index in [1.54, 1.807) is 0 Å². The number of hydrogen-bond acceptors (Lipinski definition) is 2. The van der Waals surface area contributed by atoms with E-state index < -0.39 is 0 Å². The van der Waals surface area contributed by atoms with Gasteiger partial charge in [-0.05, 0) is 112 Å². The quantitative estimate of drug-likeness (QED) is 0.131. The van der Waals surface area contributed by atoms with Gasteiger partial charge in [-0.15, -0.1) is 0 Å². The molecule has 14 rings (SSSR count). The van der Waals surface area contributed by atoms with Crippen LogP contribution in [-0.4, -0.2) is 4.98 Å². The average Bonchev–Trinajstić information content (AvgIpc) is 3.72. The van der Waals surface area contributed by atoms with Crippen LogP contribution in [0.15, 0.2) is 217 Å². The summed E-state index contributed by atoms with van der Waals surface area (Å²) in [6, 6.07) is 77.5. The first-order valence-electron chi connectivity index (χ1n) is 21.7. The molecule has 0 amide bonds. The smallest absolute Gasteiger partial charge is 0.143 e. The van der Waals surface area contributed by atoms with Crippen molar-refractivity contribution >= 4 is 108 Å². The molecular weight excluding hydrogens is 763 g/mol. The van der Waals surface area contributed by atoms with E-state index in [2.05, 4.69) is 212 Å². The molecule has 2 aromatic heterocycles. The molecule has 0 aliphatic rings. The predicted octanol–water partition coefficient (Wildman–Crippen LogP) is 17.2. The Hall–Kier alpha value is -8.33. The van der Waals surface area contributed by atoms with Crippen molar-refractivity contribution in [2.75, 3.05) is 0 Å². The summed E-state index contributed by atoms with van der Waals surface area (Å²) in [6.07, 6.45) is 0. The maximum absolute atomic E-state index is 7.08. The third-order valence-corrected chi connectivity index (χ3v) is 13.5. The predicted molar refractivity (Wildman–Crippen MR) is 268 cm³/mol. The van der Waals surface area contributed by atoms with Crippen LogP contribution >= 0.6 is 0 Å². The molecule has 63 heavy (non-hydrogen) atoms. The highest BCUT2D eigenvalue weighted by atomic mass is 16.3. The van der Waals surface area contributed by atoms with Gasteiger partial charge in [-0.1, -0.05) is 176 Å². The molecule has 0 atom stereocenters. The number of aromatic nitrogens is 1. The fraction of sp³-hybridized carbons (Fsp3) is 0. The second-order valence-electron chi connectivity index (χ2n) is 16.9. The van der Waals surface area contributed by atoms with Gasteiger partial charge in [0.05, 0.1) is 11.2 Å². The van der Waals surface area contributed by atoms with Crippen LogP contribution in [0.5, 0.6) is 0 Å². The van der Waals surface area contributed by atoms with Crippen molar-refractivity contribution in [1.29, 1.82) is 0 Å². The maximum Gasteiger partial charge on any atom is 0.143 e. The Bertz CT molecular complexity index is 4210. The van der Waals surface area contributed by atoms with Gasteiger partial charge in [-0.25, -0.2) is 4.98 Å². The molecule has 0 fully saturated rings. The van der Waals surface area contributed by atoms with E-state index in [0.29, 0.717) is 0 Å². The zero-order valence-electron chi connectivity index (χ0n) is 34.1. The van der Waals surface area contributed by atoms with Crippen LogP contribution in [0.3, 0.4) is 0 Å². The van der Waals surface area contributed by atoms with Gasteiger partial charge in [0, 0.05) is 43.6 Å². The summed E-state index contributed by atoms with van der Waals surface area (Å²) in [4.78, 5) is 5.48. The molecule has 12 aromatic carbocycles. The van der Waals surface area contributed by atoms with E-state index in [1.807, 2.05) is 0 Å². The SMILES string of the molecule is c1ccc2cc(-c3nc4ccccc4c4c3cc(-c3c5ccccc5c(-c5cc6ccccc6c6c5oc5cc7ccccc7cc56)c5ccccc35)c3ccccc34)ccc2c1. The molecule has 2 heterocycles. The Kier molecular flexibility index (Phi) is 7.14. The number of rotatable bonds is 3. The van der Waals surface area contributed by atoms with E-state index in [0.717, 1.165) is 55.0 Å². The van der Waals surface area contributed by atoms with Crippen molar-refractivity contribution in [2.24, 2.45) is 0 Å². The van der Waals surface area contributed by atoms with Crippen LogP contribution in [0.1, 0.15) is 0 Å². The number of fused-ring (bicyclic) bond motifs is 14. The fourth-order valence-electron chi connectivity index (χ4n) is 10.8. The standard InChI is InChI=1S/C61H35NO/c1-2-16-37-31-41(30-29-36(37)15-1)60-52-35-50(43-21-7-8-22-44(43)58(52)49-27-13-14-28-54(49)62-60)56-45-23-9-11-25-47(45)57(48-26-12-10-24-46(48)56)53-33-40-19-5-6-20-42(40)59-51-32-38-17-3-4-18-39(38)34-55(51)63-61(53)59/h1-35H. The van der Waals surface area contributed by atoms with Crippen molar-refractivity contribution in [3.8, 4) is 33.5 Å². The van der Waals surface area contributed by atoms with Gasteiger partial charge in [0.2, 0.25) is 0 Å². The summed E-state index contributed by atoms with van der Waals surface area (Å²) < 4.78 is 7.08. The van der Waals surface area contributed by atoms with Crippen LogP contribution in [0.2, 0.25) is 0 Å². The molecule has 2 nitrogen and oxygen atoms in total. The molecule has 0 aliphatic heterocycles. The molecule has 14 aromatic rings. The zero-order valence-corrected chi connectivity index (χ0v) is 34.1. The Morgan fingerprint density at radius 1 is 0.302 bits per heavy atom. The van der Waals surface area contributed by atoms with Gasteiger partial charge in [0.25, 0.3) is 0 Å². The van der Waals surface area contributed by atoms with Crippen LogP contribution < -0.4 is 0 Å². The highest BCUT2D eigenvalue weighted by Crippen LogP contribution is 2.51. The summed E-state index contributed by atoms with van der Waals surface area (Å²) in [7, 11) is 0. The van der Waals surface area contributed by atoms with Crippen molar-refractivity contribution in [3.63, 3.8) is 0 Å². The molecule has 0 radical (unpaired) electrons. The van der Waals surface area contributed by atoms with Crippen molar-refractivity contribution in [1.82, 2.24) is 4.98 Å². The molecule has 0 bridgehead atoms. The Morgan fingerprint density at radius 3 is 1.52 bits per heavy atom. The summed E-state index contributed by atoms with van der Waals surface area (Å²) in [5.74, 6) is 0. The second-order valence-corrected chi connectivity index (χ2v) is 16.9. The Labute approximate surface area is 361 Å². The van der Waals surface area contributed by atoms with E-state index >= 15 is 0 Å². The second kappa shape index (κ2) is 13.1. The number of furan rings is 1.